The van der Waals surface area contributed by atoms with Crippen LogP contribution in [-0.4, -0.2) is 35.4 Å². The summed E-state index contributed by atoms with van der Waals surface area (Å²) in [4.78, 5) is 27.9. The molecule has 1 aliphatic rings. The molecule has 1 N–H and O–H groups in total. The Morgan fingerprint density at radius 3 is 2.55 bits per heavy atom. The quantitative estimate of drug-likeness (QED) is 0.455. The van der Waals surface area contributed by atoms with Crippen molar-refractivity contribution in [2.45, 2.75) is 77.4 Å². The number of amides is 2. The van der Waals surface area contributed by atoms with Gasteiger partial charge in [-0.25, -0.2) is 0 Å². The van der Waals surface area contributed by atoms with Crippen LogP contribution in [0.25, 0.3) is 0 Å². The molecule has 6 heteroatoms. The highest BCUT2D eigenvalue weighted by Crippen LogP contribution is 2.19. The van der Waals surface area contributed by atoms with E-state index >= 15 is 0 Å². The minimum atomic E-state index is -0.530. The minimum Gasteiger partial charge on any atom is -0.494 e. The summed E-state index contributed by atoms with van der Waals surface area (Å²) in [6.07, 6.45) is 6.47. The molecule has 178 valence electrons. The maximum Gasteiger partial charge on any atom is 0.242 e. The van der Waals surface area contributed by atoms with E-state index in [1.807, 2.05) is 44.2 Å². The predicted molar refractivity (Wildman–Crippen MR) is 132 cm³/mol. The second-order valence-corrected chi connectivity index (χ2v) is 9.37. The van der Waals surface area contributed by atoms with Gasteiger partial charge in [-0.2, -0.15) is 0 Å². The van der Waals surface area contributed by atoms with Gasteiger partial charge in [0.1, 0.15) is 11.8 Å². The summed E-state index contributed by atoms with van der Waals surface area (Å²) < 4.78 is 5.72. The van der Waals surface area contributed by atoms with Crippen LogP contribution in [0, 0.1) is 6.92 Å². The summed E-state index contributed by atoms with van der Waals surface area (Å²) in [6, 6.07) is 14.9. The van der Waals surface area contributed by atoms with E-state index in [1.54, 1.807) is 17.0 Å². The van der Waals surface area contributed by atoms with Crippen molar-refractivity contribution in [1.29, 1.82) is 0 Å². The van der Waals surface area contributed by atoms with Gasteiger partial charge in [0.25, 0.3) is 0 Å². The molecule has 0 saturated heterocycles. The van der Waals surface area contributed by atoms with E-state index in [4.69, 9.17) is 16.3 Å². The van der Waals surface area contributed by atoms with Crippen molar-refractivity contribution in [2.24, 2.45) is 0 Å². The molecule has 0 unspecified atom stereocenters. The molecule has 1 atom stereocenters. The van der Waals surface area contributed by atoms with Gasteiger partial charge in [0.15, 0.2) is 0 Å². The molecular formula is C27H35ClN2O3. The summed E-state index contributed by atoms with van der Waals surface area (Å²) in [5.74, 6) is 0.617. The first kappa shape index (κ1) is 25.1. The van der Waals surface area contributed by atoms with Crippen molar-refractivity contribution in [1.82, 2.24) is 10.2 Å². The Hall–Kier alpha value is -2.53. The number of ether oxygens (including phenoxy) is 1. The first-order valence-corrected chi connectivity index (χ1v) is 12.3. The number of carbonyl (C=O) groups excluding carboxylic acids is 2. The second kappa shape index (κ2) is 12.6. The smallest absolute Gasteiger partial charge is 0.242 e. The van der Waals surface area contributed by atoms with Crippen LogP contribution in [0.1, 0.15) is 63.0 Å². The number of nitrogens with zero attached hydrogens (tertiary/aromatic N) is 1. The third kappa shape index (κ3) is 8.08. The average molecular weight is 471 g/mol. The third-order valence-electron chi connectivity index (χ3n) is 6.17. The number of nitrogens with one attached hydrogen (secondary N) is 1. The summed E-state index contributed by atoms with van der Waals surface area (Å²) in [6.45, 7) is 4.70. The molecule has 0 bridgehead atoms. The van der Waals surface area contributed by atoms with Gasteiger partial charge in [-0.3, -0.25) is 9.59 Å². The molecule has 0 aliphatic heterocycles. The normalized spacial score (nSPS) is 15.0. The van der Waals surface area contributed by atoms with Gasteiger partial charge in [0, 0.05) is 24.0 Å². The molecule has 2 aromatic carbocycles. The van der Waals surface area contributed by atoms with Gasteiger partial charge in [-0.05, 0) is 62.9 Å². The standard InChI is InChI=1S/C27H35ClN2O3/c1-20-8-6-9-22(18-20)19-30(21(2)27(32)29-24-10-4-3-5-11-24)26(31)12-7-17-33-25-15-13-23(28)14-16-25/h6,8-9,13-16,18,21,24H,3-5,7,10-12,17,19H2,1-2H3,(H,29,32)/t21-/m1/s1. The zero-order valence-corrected chi connectivity index (χ0v) is 20.4. The molecule has 5 nitrogen and oxygen atoms in total. The largest absolute Gasteiger partial charge is 0.494 e. The predicted octanol–water partition coefficient (Wildman–Crippen LogP) is 5.67. The van der Waals surface area contributed by atoms with Crippen molar-refractivity contribution in [3.8, 4) is 5.75 Å². The molecule has 2 aromatic rings. The van der Waals surface area contributed by atoms with Crippen molar-refractivity contribution < 1.29 is 14.3 Å². The molecule has 33 heavy (non-hydrogen) atoms. The van der Waals surface area contributed by atoms with Gasteiger partial charge in [0.2, 0.25) is 11.8 Å². The van der Waals surface area contributed by atoms with E-state index in [0.29, 0.717) is 31.0 Å². The summed E-state index contributed by atoms with van der Waals surface area (Å²) >= 11 is 5.90. The van der Waals surface area contributed by atoms with Gasteiger partial charge in [-0.1, -0.05) is 60.7 Å². The maximum absolute atomic E-state index is 13.2. The molecule has 0 heterocycles. The highest BCUT2D eigenvalue weighted by atomic mass is 35.5. The highest BCUT2D eigenvalue weighted by molar-refractivity contribution is 6.30. The molecule has 0 radical (unpaired) electrons. The molecule has 0 spiro atoms. The van der Waals surface area contributed by atoms with Crippen molar-refractivity contribution in [2.75, 3.05) is 6.61 Å². The van der Waals surface area contributed by atoms with Crippen LogP contribution in [0.3, 0.4) is 0 Å². The van der Waals surface area contributed by atoms with Gasteiger partial charge in [0.05, 0.1) is 6.61 Å². The Kier molecular flexibility index (Phi) is 9.61. The fourth-order valence-electron chi connectivity index (χ4n) is 4.25. The topological polar surface area (TPSA) is 58.6 Å². The SMILES string of the molecule is Cc1cccc(CN(C(=O)CCCOc2ccc(Cl)cc2)[C@H](C)C(=O)NC2CCCCC2)c1. The maximum atomic E-state index is 13.2. The highest BCUT2D eigenvalue weighted by Gasteiger charge is 2.27. The lowest BCUT2D eigenvalue weighted by Gasteiger charge is -2.31. The Morgan fingerprint density at radius 1 is 1.12 bits per heavy atom. The Balaban J connectivity index is 1.60. The third-order valence-corrected chi connectivity index (χ3v) is 6.42. The van der Waals surface area contributed by atoms with Crippen LogP contribution >= 0.6 is 11.6 Å². The lowest BCUT2D eigenvalue weighted by molar-refractivity contribution is -0.141. The van der Waals surface area contributed by atoms with E-state index in [-0.39, 0.29) is 17.9 Å². The lowest BCUT2D eigenvalue weighted by atomic mass is 9.95. The molecular weight excluding hydrogens is 436 g/mol. The fraction of sp³-hybridized carbons (Fsp3) is 0.481. The van der Waals surface area contributed by atoms with Gasteiger partial charge < -0.3 is 15.0 Å². The number of rotatable bonds is 10. The van der Waals surface area contributed by atoms with Crippen LogP contribution in [0.5, 0.6) is 5.75 Å². The van der Waals surface area contributed by atoms with Crippen molar-refractivity contribution in [3.63, 3.8) is 0 Å². The number of hydrogen-bond donors (Lipinski definition) is 1. The van der Waals surface area contributed by atoms with Crippen LogP contribution in [-0.2, 0) is 16.1 Å². The first-order chi connectivity index (χ1) is 15.9. The van der Waals surface area contributed by atoms with Crippen molar-refractivity contribution in [3.05, 3.63) is 64.7 Å². The van der Waals surface area contributed by atoms with Crippen molar-refractivity contribution >= 4 is 23.4 Å². The second-order valence-electron chi connectivity index (χ2n) is 8.94. The van der Waals surface area contributed by atoms with E-state index in [0.717, 1.165) is 42.6 Å². The van der Waals surface area contributed by atoms with Crippen LogP contribution < -0.4 is 10.1 Å². The minimum absolute atomic E-state index is 0.0393. The number of carbonyl (C=O) groups is 2. The molecule has 2 amide bonds. The van der Waals surface area contributed by atoms with Crippen LogP contribution in [0.4, 0.5) is 0 Å². The molecule has 1 aliphatic carbocycles. The van der Waals surface area contributed by atoms with E-state index in [1.165, 1.54) is 6.42 Å². The summed E-state index contributed by atoms with van der Waals surface area (Å²) in [5.41, 5.74) is 2.16. The monoisotopic (exact) mass is 470 g/mol. The first-order valence-electron chi connectivity index (χ1n) is 12.0. The Bertz CT molecular complexity index is 910. The van der Waals surface area contributed by atoms with Gasteiger partial charge >= 0.3 is 0 Å². The number of halogens is 1. The molecule has 1 saturated carbocycles. The average Bonchev–Trinajstić information content (AvgIpc) is 2.81. The fourth-order valence-corrected chi connectivity index (χ4v) is 4.37. The Morgan fingerprint density at radius 2 is 1.85 bits per heavy atom. The zero-order valence-electron chi connectivity index (χ0n) is 19.7. The summed E-state index contributed by atoms with van der Waals surface area (Å²) in [7, 11) is 0. The molecule has 1 fully saturated rings. The number of benzene rings is 2. The molecule has 0 aromatic heterocycles. The van der Waals surface area contributed by atoms with E-state index in [9.17, 15) is 9.59 Å². The zero-order chi connectivity index (χ0) is 23.6. The van der Waals surface area contributed by atoms with Gasteiger partial charge in [-0.15, -0.1) is 0 Å². The number of aryl methyl sites for hydroxylation is 1. The molecule has 3 rings (SSSR count). The van der Waals surface area contributed by atoms with E-state index < -0.39 is 6.04 Å². The van der Waals surface area contributed by atoms with Crippen LogP contribution in [0.15, 0.2) is 48.5 Å². The lowest BCUT2D eigenvalue weighted by Crippen LogP contribution is -2.50. The Labute approximate surface area is 202 Å². The number of hydrogen-bond acceptors (Lipinski definition) is 3. The van der Waals surface area contributed by atoms with Crippen LogP contribution in [0.2, 0.25) is 5.02 Å². The summed E-state index contributed by atoms with van der Waals surface area (Å²) in [5, 5.41) is 3.83. The van der Waals surface area contributed by atoms with E-state index in [2.05, 4.69) is 11.4 Å².